The van der Waals surface area contributed by atoms with E-state index in [-0.39, 0.29) is 4.90 Å². The maximum atomic E-state index is 13.4. The third-order valence-corrected chi connectivity index (χ3v) is 7.43. The second-order valence-corrected chi connectivity index (χ2v) is 10.7. The van der Waals surface area contributed by atoms with Crippen molar-refractivity contribution in [1.29, 1.82) is 0 Å². The highest BCUT2D eigenvalue weighted by molar-refractivity contribution is 14.1. The van der Waals surface area contributed by atoms with E-state index in [1.165, 1.54) is 24.3 Å². The highest BCUT2D eigenvalue weighted by Crippen LogP contribution is 2.26. The summed E-state index contributed by atoms with van der Waals surface area (Å²) < 4.78 is 34.3. The lowest BCUT2D eigenvalue weighted by atomic mass is 10.1. The Morgan fingerprint density at radius 1 is 1.09 bits per heavy atom. The number of rotatable bonds is 9. The van der Waals surface area contributed by atoms with Gasteiger partial charge in [0, 0.05) is 8.59 Å². The van der Waals surface area contributed by atoms with Crippen molar-refractivity contribution in [1.82, 2.24) is 5.43 Å². The van der Waals surface area contributed by atoms with Crippen molar-refractivity contribution in [3.05, 3.63) is 87.0 Å². The van der Waals surface area contributed by atoms with Crippen LogP contribution < -0.4 is 14.5 Å². The first-order valence-electron chi connectivity index (χ1n) is 10.3. The van der Waals surface area contributed by atoms with Gasteiger partial charge in [0.15, 0.2) is 0 Å². The normalized spacial score (nSPS) is 11.7. The second kappa shape index (κ2) is 11.7. The number of ether oxygens (including phenoxy) is 1. The largest absolute Gasteiger partial charge is 0.494 e. The molecule has 34 heavy (non-hydrogen) atoms. The molecular weight excluding hydrogens is 589 g/mol. The number of hydrogen-bond donors (Lipinski definition) is 1. The molecule has 0 heterocycles. The summed E-state index contributed by atoms with van der Waals surface area (Å²) >= 11 is 8.11. The van der Waals surface area contributed by atoms with Crippen LogP contribution in [0.4, 0.5) is 5.69 Å². The van der Waals surface area contributed by atoms with E-state index in [1.54, 1.807) is 31.2 Å². The number of halogens is 2. The summed E-state index contributed by atoms with van der Waals surface area (Å²) in [7, 11) is -4.06. The average molecular weight is 612 g/mol. The van der Waals surface area contributed by atoms with Crippen LogP contribution >= 0.6 is 34.2 Å². The molecule has 0 aliphatic rings. The van der Waals surface area contributed by atoms with Crippen LogP contribution in [-0.2, 0) is 14.8 Å². The molecule has 1 amide bonds. The lowest BCUT2D eigenvalue weighted by Crippen LogP contribution is -2.39. The van der Waals surface area contributed by atoms with Gasteiger partial charge in [-0.2, -0.15) is 5.10 Å². The molecule has 0 unspecified atom stereocenters. The van der Waals surface area contributed by atoms with Gasteiger partial charge in [-0.1, -0.05) is 23.7 Å². The fourth-order valence-corrected chi connectivity index (χ4v) is 5.10. The summed E-state index contributed by atoms with van der Waals surface area (Å²) in [6.07, 6.45) is 0. The van der Waals surface area contributed by atoms with Crippen LogP contribution in [0.5, 0.6) is 5.75 Å². The quantitative estimate of drug-likeness (QED) is 0.208. The van der Waals surface area contributed by atoms with Gasteiger partial charge in [0.25, 0.3) is 15.9 Å². The van der Waals surface area contributed by atoms with Crippen LogP contribution in [0.2, 0.25) is 5.02 Å². The number of nitrogens with zero attached hydrogens (tertiary/aromatic N) is 2. The Morgan fingerprint density at radius 3 is 2.38 bits per heavy atom. The number of sulfonamides is 1. The molecule has 0 aliphatic carbocycles. The van der Waals surface area contributed by atoms with Crippen LogP contribution in [0.15, 0.2) is 82.8 Å². The summed E-state index contributed by atoms with van der Waals surface area (Å²) in [5.41, 5.74) is 4.22. The fourth-order valence-electron chi connectivity index (χ4n) is 3.01. The van der Waals surface area contributed by atoms with E-state index >= 15 is 0 Å². The first-order valence-corrected chi connectivity index (χ1v) is 13.2. The third kappa shape index (κ3) is 6.71. The van der Waals surface area contributed by atoms with Crippen molar-refractivity contribution in [3.63, 3.8) is 0 Å². The molecular formula is C24H23ClIN3O4S. The van der Waals surface area contributed by atoms with Gasteiger partial charge in [-0.25, -0.2) is 13.8 Å². The van der Waals surface area contributed by atoms with E-state index in [2.05, 4.69) is 33.1 Å². The Labute approximate surface area is 218 Å². The van der Waals surface area contributed by atoms with Crippen molar-refractivity contribution in [2.45, 2.75) is 18.7 Å². The molecule has 0 spiro atoms. The van der Waals surface area contributed by atoms with Crippen molar-refractivity contribution in [2.24, 2.45) is 5.10 Å². The Bertz CT molecular complexity index is 1280. The molecule has 0 bridgehead atoms. The molecule has 3 aromatic rings. The minimum atomic E-state index is -4.06. The van der Waals surface area contributed by atoms with Crippen LogP contribution in [-0.4, -0.2) is 33.2 Å². The number of carbonyl (C=O) groups excluding carboxylic acids is 1. The number of benzene rings is 3. The second-order valence-electron chi connectivity index (χ2n) is 7.14. The minimum absolute atomic E-state index is 0.0112. The number of nitrogens with one attached hydrogen (secondary N) is 1. The number of anilines is 1. The van der Waals surface area contributed by atoms with Crippen molar-refractivity contribution in [3.8, 4) is 5.75 Å². The molecule has 0 atom stereocenters. The van der Waals surface area contributed by atoms with Gasteiger partial charge >= 0.3 is 0 Å². The molecule has 0 saturated heterocycles. The number of hydrazone groups is 1. The van der Waals surface area contributed by atoms with E-state index in [4.69, 9.17) is 16.3 Å². The van der Waals surface area contributed by atoms with Gasteiger partial charge in [-0.15, -0.1) is 0 Å². The predicted molar refractivity (Wildman–Crippen MR) is 143 cm³/mol. The van der Waals surface area contributed by atoms with E-state index in [9.17, 15) is 13.2 Å². The van der Waals surface area contributed by atoms with Gasteiger partial charge in [0.2, 0.25) is 0 Å². The minimum Gasteiger partial charge on any atom is -0.494 e. The summed E-state index contributed by atoms with van der Waals surface area (Å²) in [5, 5.41) is 4.55. The average Bonchev–Trinajstić information content (AvgIpc) is 2.82. The summed E-state index contributed by atoms with van der Waals surface area (Å²) in [5.74, 6) is 0.00802. The maximum Gasteiger partial charge on any atom is 0.264 e. The monoisotopic (exact) mass is 611 g/mol. The lowest BCUT2D eigenvalue weighted by Gasteiger charge is -2.24. The predicted octanol–water partition coefficient (Wildman–Crippen LogP) is 5.08. The number of carbonyl (C=O) groups is 1. The first-order chi connectivity index (χ1) is 16.2. The van der Waals surface area contributed by atoms with E-state index in [0.717, 1.165) is 13.4 Å². The van der Waals surface area contributed by atoms with E-state index in [1.807, 2.05) is 31.2 Å². The number of hydrogen-bond acceptors (Lipinski definition) is 5. The highest BCUT2D eigenvalue weighted by Gasteiger charge is 2.27. The van der Waals surface area contributed by atoms with Gasteiger partial charge < -0.3 is 4.74 Å². The van der Waals surface area contributed by atoms with E-state index < -0.39 is 22.5 Å². The molecule has 3 aromatic carbocycles. The first kappa shape index (κ1) is 26.0. The van der Waals surface area contributed by atoms with Crippen molar-refractivity contribution >= 4 is 61.5 Å². The summed E-state index contributed by atoms with van der Waals surface area (Å²) in [4.78, 5) is 12.8. The molecule has 10 heteroatoms. The molecule has 0 radical (unpaired) electrons. The smallest absolute Gasteiger partial charge is 0.264 e. The third-order valence-electron chi connectivity index (χ3n) is 4.72. The number of amides is 1. The highest BCUT2D eigenvalue weighted by atomic mass is 127. The van der Waals surface area contributed by atoms with Crippen LogP contribution in [0.3, 0.4) is 0 Å². The molecule has 3 rings (SSSR count). The van der Waals surface area contributed by atoms with Crippen LogP contribution in [0.25, 0.3) is 0 Å². The van der Waals surface area contributed by atoms with E-state index in [0.29, 0.717) is 28.8 Å². The van der Waals surface area contributed by atoms with Crippen LogP contribution in [0, 0.1) is 3.57 Å². The zero-order valence-corrected chi connectivity index (χ0v) is 22.3. The standard InChI is InChI=1S/C24H23ClIN3O4S/c1-3-33-22-11-9-21(10-12-22)29(34(31,32)23-13-7-19(25)8-14-23)16-24(30)28-27-17(2)18-5-4-6-20(26)15-18/h4-15H,3,16H2,1-2H3,(H,28,30)/b27-17-. The van der Waals surface area contributed by atoms with Crippen molar-refractivity contribution in [2.75, 3.05) is 17.5 Å². The molecule has 7 nitrogen and oxygen atoms in total. The Hall–Kier alpha value is -2.63. The maximum absolute atomic E-state index is 13.4. The summed E-state index contributed by atoms with van der Waals surface area (Å²) in [6.45, 7) is 3.63. The fraction of sp³-hybridized carbons (Fsp3) is 0.167. The molecule has 1 N–H and O–H groups in total. The Kier molecular flexibility index (Phi) is 8.92. The Morgan fingerprint density at radius 2 is 1.76 bits per heavy atom. The lowest BCUT2D eigenvalue weighted by molar-refractivity contribution is -0.119. The Balaban J connectivity index is 1.88. The molecule has 0 saturated carbocycles. The van der Waals surface area contributed by atoms with Crippen LogP contribution in [0.1, 0.15) is 19.4 Å². The van der Waals surface area contributed by atoms with Gasteiger partial charge in [-0.3, -0.25) is 9.10 Å². The molecule has 0 aliphatic heterocycles. The van der Waals surface area contributed by atoms with Crippen molar-refractivity contribution < 1.29 is 17.9 Å². The topological polar surface area (TPSA) is 88.1 Å². The zero-order chi connectivity index (χ0) is 24.7. The van der Waals surface area contributed by atoms with Gasteiger partial charge in [0.1, 0.15) is 12.3 Å². The summed E-state index contributed by atoms with van der Waals surface area (Å²) in [6, 6.07) is 19.9. The zero-order valence-electron chi connectivity index (χ0n) is 18.5. The molecule has 0 aromatic heterocycles. The van der Waals surface area contributed by atoms with Gasteiger partial charge in [-0.05, 0) is 103 Å². The molecule has 0 fully saturated rings. The van der Waals surface area contributed by atoms with Gasteiger partial charge in [0.05, 0.1) is 22.9 Å². The molecule has 178 valence electrons. The SMILES string of the molecule is CCOc1ccc(N(CC(=O)N/N=C(/C)c2cccc(I)c2)S(=O)(=O)c2ccc(Cl)cc2)cc1.